The van der Waals surface area contributed by atoms with Crippen molar-refractivity contribution in [3.05, 3.63) is 34.4 Å². The van der Waals surface area contributed by atoms with E-state index in [1.54, 1.807) is 0 Å². The summed E-state index contributed by atoms with van der Waals surface area (Å²) in [7, 11) is 2.06. The molecule has 0 aliphatic carbocycles. The summed E-state index contributed by atoms with van der Waals surface area (Å²) in [5.74, 6) is 0. The SMILES string of the molecule is CNC(CC(C)(C)C)c1cc(C)c(C)cc1C. The average molecular weight is 233 g/mol. The lowest BCUT2D eigenvalue weighted by atomic mass is 9.83. The third kappa shape index (κ3) is 3.85. The minimum absolute atomic E-state index is 0.346. The third-order valence-corrected chi connectivity index (χ3v) is 3.42. The third-order valence-electron chi connectivity index (χ3n) is 3.42. The Bertz CT molecular complexity index is 385. The van der Waals surface area contributed by atoms with Crippen molar-refractivity contribution in [1.82, 2.24) is 5.32 Å². The fourth-order valence-electron chi connectivity index (χ4n) is 2.34. The van der Waals surface area contributed by atoms with Crippen LogP contribution in [0.5, 0.6) is 0 Å². The van der Waals surface area contributed by atoms with Gasteiger partial charge in [-0.05, 0) is 61.9 Å². The van der Waals surface area contributed by atoms with Crippen molar-refractivity contribution in [3.8, 4) is 0 Å². The first-order chi connectivity index (χ1) is 7.74. The smallest absolute Gasteiger partial charge is 0.0325 e. The molecule has 0 spiro atoms. The molecule has 1 rings (SSSR count). The summed E-state index contributed by atoms with van der Waals surface area (Å²) in [6, 6.07) is 5.10. The molecule has 0 radical (unpaired) electrons. The van der Waals surface area contributed by atoms with Gasteiger partial charge in [0.2, 0.25) is 0 Å². The quantitative estimate of drug-likeness (QED) is 0.820. The first-order valence-corrected chi connectivity index (χ1v) is 6.49. The van der Waals surface area contributed by atoms with E-state index in [4.69, 9.17) is 0 Å². The summed E-state index contributed by atoms with van der Waals surface area (Å²) in [4.78, 5) is 0. The Morgan fingerprint density at radius 1 is 1.00 bits per heavy atom. The van der Waals surface area contributed by atoms with Gasteiger partial charge in [-0.2, -0.15) is 0 Å². The van der Waals surface area contributed by atoms with Crippen molar-refractivity contribution < 1.29 is 0 Å². The van der Waals surface area contributed by atoms with Crippen LogP contribution in [-0.2, 0) is 0 Å². The van der Waals surface area contributed by atoms with E-state index in [9.17, 15) is 0 Å². The predicted octanol–water partition coefficient (Wildman–Crippen LogP) is 4.31. The van der Waals surface area contributed by atoms with E-state index in [0.717, 1.165) is 6.42 Å². The zero-order valence-corrected chi connectivity index (χ0v) is 12.4. The van der Waals surface area contributed by atoms with E-state index < -0.39 is 0 Å². The van der Waals surface area contributed by atoms with E-state index >= 15 is 0 Å². The Labute approximate surface area is 107 Å². The van der Waals surface area contributed by atoms with Crippen LogP contribution in [0.1, 0.15) is 55.5 Å². The maximum absolute atomic E-state index is 3.46. The van der Waals surface area contributed by atoms with Crippen molar-refractivity contribution in [2.75, 3.05) is 7.05 Å². The van der Waals surface area contributed by atoms with Crippen LogP contribution in [0.25, 0.3) is 0 Å². The molecule has 0 aliphatic heterocycles. The van der Waals surface area contributed by atoms with Crippen molar-refractivity contribution >= 4 is 0 Å². The Balaban J connectivity index is 3.08. The topological polar surface area (TPSA) is 12.0 Å². The highest BCUT2D eigenvalue weighted by molar-refractivity contribution is 5.38. The maximum atomic E-state index is 3.46. The Morgan fingerprint density at radius 3 is 2.00 bits per heavy atom. The Hall–Kier alpha value is -0.820. The van der Waals surface area contributed by atoms with Crippen LogP contribution in [0.2, 0.25) is 0 Å². The minimum Gasteiger partial charge on any atom is -0.313 e. The monoisotopic (exact) mass is 233 g/mol. The summed E-state index contributed by atoms with van der Waals surface area (Å²) in [5, 5.41) is 3.46. The Kier molecular flexibility index (Phi) is 4.37. The molecule has 0 aromatic heterocycles. The zero-order chi connectivity index (χ0) is 13.2. The van der Waals surface area contributed by atoms with Crippen molar-refractivity contribution in [2.24, 2.45) is 5.41 Å². The van der Waals surface area contributed by atoms with Gasteiger partial charge in [0, 0.05) is 6.04 Å². The van der Waals surface area contributed by atoms with Gasteiger partial charge in [-0.15, -0.1) is 0 Å². The highest BCUT2D eigenvalue weighted by atomic mass is 14.9. The van der Waals surface area contributed by atoms with Crippen LogP contribution in [0, 0.1) is 26.2 Å². The normalized spacial score (nSPS) is 13.8. The van der Waals surface area contributed by atoms with E-state index in [0.29, 0.717) is 11.5 Å². The molecule has 1 heteroatoms. The highest BCUT2D eigenvalue weighted by Gasteiger charge is 2.20. The van der Waals surface area contributed by atoms with Gasteiger partial charge in [-0.3, -0.25) is 0 Å². The lowest BCUT2D eigenvalue weighted by Gasteiger charge is -2.27. The molecule has 1 atom stereocenters. The van der Waals surface area contributed by atoms with E-state index in [1.807, 2.05) is 0 Å². The zero-order valence-electron chi connectivity index (χ0n) is 12.4. The second-order valence-corrected chi connectivity index (χ2v) is 6.40. The first kappa shape index (κ1) is 14.2. The number of aryl methyl sites for hydroxylation is 3. The molecular weight excluding hydrogens is 206 g/mol. The van der Waals surface area contributed by atoms with Crippen molar-refractivity contribution in [1.29, 1.82) is 0 Å². The number of nitrogens with one attached hydrogen (secondary N) is 1. The molecule has 1 N–H and O–H groups in total. The van der Waals surface area contributed by atoms with Crippen LogP contribution in [-0.4, -0.2) is 7.05 Å². The fourth-order valence-corrected chi connectivity index (χ4v) is 2.34. The summed E-state index contributed by atoms with van der Waals surface area (Å²) in [6.45, 7) is 13.5. The second kappa shape index (κ2) is 5.22. The first-order valence-electron chi connectivity index (χ1n) is 6.49. The van der Waals surface area contributed by atoms with Crippen LogP contribution in [0.3, 0.4) is 0 Å². The molecule has 0 saturated carbocycles. The van der Waals surface area contributed by atoms with E-state index in [2.05, 4.69) is 66.0 Å². The van der Waals surface area contributed by atoms with Crippen molar-refractivity contribution in [3.63, 3.8) is 0 Å². The van der Waals surface area contributed by atoms with Gasteiger partial charge in [-0.1, -0.05) is 32.9 Å². The molecule has 1 aromatic carbocycles. The number of hydrogen-bond donors (Lipinski definition) is 1. The van der Waals surface area contributed by atoms with Gasteiger partial charge >= 0.3 is 0 Å². The van der Waals surface area contributed by atoms with Gasteiger partial charge in [-0.25, -0.2) is 0 Å². The molecule has 1 unspecified atom stereocenters. The van der Waals surface area contributed by atoms with Gasteiger partial charge in [0.15, 0.2) is 0 Å². The summed E-state index contributed by atoms with van der Waals surface area (Å²) in [5.41, 5.74) is 5.97. The van der Waals surface area contributed by atoms with Gasteiger partial charge in [0.05, 0.1) is 0 Å². The standard InChI is InChI=1S/C16H27N/c1-11-8-13(3)14(9-12(11)2)15(17-7)10-16(4,5)6/h8-9,15,17H,10H2,1-7H3. The lowest BCUT2D eigenvalue weighted by molar-refractivity contribution is 0.320. The average Bonchev–Trinajstić information content (AvgIpc) is 2.19. The van der Waals surface area contributed by atoms with Gasteiger partial charge < -0.3 is 5.32 Å². The summed E-state index contributed by atoms with van der Waals surface area (Å²) >= 11 is 0. The molecule has 0 bridgehead atoms. The molecule has 0 aliphatic rings. The van der Waals surface area contributed by atoms with Gasteiger partial charge in [0.25, 0.3) is 0 Å². The number of benzene rings is 1. The highest BCUT2D eigenvalue weighted by Crippen LogP contribution is 2.31. The summed E-state index contributed by atoms with van der Waals surface area (Å²) in [6.07, 6.45) is 1.16. The number of rotatable bonds is 3. The largest absolute Gasteiger partial charge is 0.313 e. The van der Waals surface area contributed by atoms with Gasteiger partial charge in [0.1, 0.15) is 0 Å². The molecule has 96 valence electrons. The molecule has 1 aromatic rings. The van der Waals surface area contributed by atoms with E-state index in [-0.39, 0.29) is 0 Å². The molecule has 0 saturated heterocycles. The lowest BCUT2D eigenvalue weighted by Crippen LogP contribution is -2.23. The van der Waals surface area contributed by atoms with Crippen LogP contribution in [0.4, 0.5) is 0 Å². The molecule has 1 nitrogen and oxygen atoms in total. The van der Waals surface area contributed by atoms with Crippen molar-refractivity contribution in [2.45, 2.75) is 54.0 Å². The minimum atomic E-state index is 0.346. The van der Waals surface area contributed by atoms with Crippen LogP contribution < -0.4 is 5.32 Å². The fraction of sp³-hybridized carbons (Fsp3) is 0.625. The molecule has 0 fully saturated rings. The summed E-state index contributed by atoms with van der Waals surface area (Å²) < 4.78 is 0. The number of hydrogen-bond acceptors (Lipinski definition) is 1. The molecule has 0 amide bonds. The molecular formula is C16H27N. The molecule has 0 heterocycles. The second-order valence-electron chi connectivity index (χ2n) is 6.40. The van der Waals surface area contributed by atoms with E-state index in [1.165, 1.54) is 22.3 Å². The molecule has 17 heavy (non-hydrogen) atoms. The maximum Gasteiger partial charge on any atom is 0.0325 e. The van der Waals surface area contributed by atoms with Crippen LogP contribution >= 0.6 is 0 Å². The Morgan fingerprint density at radius 2 is 1.53 bits per heavy atom. The van der Waals surface area contributed by atoms with Crippen LogP contribution in [0.15, 0.2) is 12.1 Å². The predicted molar refractivity (Wildman–Crippen MR) is 76.5 cm³/mol.